The topological polar surface area (TPSA) is 126 Å². The van der Waals surface area contributed by atoms with Gasteiger partial charge in [0.2, 0.25) is 0 Å². The van der Waals surface area contributed by atoms with Crippen molar-refractivity contribution in [3.05, 3.63) is 35.5 Å². The number of esters is 2. The second-order valence-electron chi connectivity index (χ2n) is 7.72. The molecule has 0 saturated carbocycles. The summed E-state index contributed by atoms with van der Waals surface area (Å²) >= 11 is 0. The van der Waals surface area contributed by atoms with Crippen molar-refractivity contribution in [1.82, 2.24) is 0 Å². The van der Waals surface area contributed by atoms with E-state index in [0.717, 1.165) is 0 Å². The Labute approximate surface area is 163 Å². The quantitative estimate of drug-likeness (QED) is 0.267. The van der Waals surface area contributed by atoms with Gasteiger partial charge in [0, 0.05) is 18.4 Å². The number of ether oxygens (including phenoxy) is 3. The van der Waals surface area contributed by atoms with Crippen LogP contribution < -0.4 is 0 Å². The number of hydrogen-bond acceptors (Lipinski definition) is 8. The molecule has 0 radical (unpaired) electrons. The lowest BCUT2D eigenvalue weighted by molar-refractivity contribution is -0.149. The Morgan fingerprint density at radius 1 is 1.46 bits per heavy atom. The van der Waals surface area contributed by atoms with Crippen LogP contribution in [0.15, 0.2) is 35.5 Å². The van der Waals surface area contributed by atoms with Crippen molar-refractivity contribution < 1.29 is 39.1 Å². The summed E-state index contributed by atoms with van der Waals surface area (Å²) in [5.41, 5.74) is 0.116. The number of epoxide rings is 1. The van der Waals surface area contributed by atoms with Gasteiger partial charge in [0.15, 0.2) is 0 Å². The van der Waals surface area contributed by atoms with Crippen molar-refractivity contribution in [2.24, 2.45) is 5.92 Å². The van der Waals surface area contributed by atoms with E-state index in [0.29, 0.717) is 12.0 Å². The highest BCUT2D eigenvalue weighted by atomic mass is 16.6. The van der Waals surface area contributed by atoms with E-state index >= 15 is 0 Å². The van der Waals surface area contributed by atoms with Gasteiger partial charge in [-0.05, 0) is 31.6 Å². The van der Waals surface area contributed by atoms with E-state index in [1.54, 1.807) is 13.0 Å². The molecule has 154 valence electrons. The van der Waals surface area contributed by atoms with Crippen LogP contribution >= 0.6 is 0 Å². The molecule has 0 bridgehead atoms. The van der Waals surface area contributed by atoms with E-state index in [-0.39, 0.29) is 23.7 Å². The molecule has 0 amide bonds. The molecular weight excluding hydrogens is 368 g/mol. The van der Waals surface area contributed by atoms with Crippen molar-refractivity contribution in [1.29, 1.82) is 0 Å². The van der Waals surface area contributed by atoms with E-state index in [1.165, 1.54) is 6.08 Å². The molecule has 4 unspecified atom stereocenters. The zero-order valence-electron chi connectivity index (χ0n) is 16.0. The molecule has 0 spiro atoms. The van der Waals surface area contributed by atoms with Crippen LogP contribution in [-0.2, 0) is 23.8 Å². The van der Waals surface area contributed by atoms with Crippen LogP contribution in [0.4, 0.5) is 0 Å². The molecule has 6 atom stereocenters. The largest absolute Gasteiger partial charge is 0.458 e. The van der Waals surface area contributed by atoms with Gasteiger partial charge in [0.05, 0.1) is 42.5 Å². The van der Waals surface area contributed by atoms with Crippen LogP contribution in [-0.4, -0.2) is 70.5 Å². The molecule has 2 aliphatic heterocycles. The zero-order valence-corrected chi connectivity index (χ0v) is 16.0. The Morgan fingerprint density at radius 3 is 2.82 bits per heavy atom. The van der Waals surface area contributed by atoms with Gasteiger partial charge in [-0.3, -0.25) is 0 Å². The van der Waals surface area contributed by atoms with Crippen molar-refractivity contribution in [3.8, 4) is 0 Å². The summed E-state index contributed by atoms with van der Waals surface area (Å²) in [4.78, 5) is 24.6. The normalized spacial score (nSPS) is 40.0. The highest BCUT2D eigenvalue weighted by molar-refractivity contribution is 5.92. The SMILES string of the molecule is C=C1C(=O)O[C@H]2/C=C(/C)C(O)CC3OC3(C)CC(OC(=O)/C(=C/CO)CO)[C@@H]12. The number of carbonyl (C=O) groups excluding carboxylic acids is 2. The number of rotatable bonds is 4. The summed E-state index contributed by atoms with van der Waals surface area (Å²) in [6, 6.07) is 0. The lowest BCUT2D eigenvalue weighted by atomic mass is 9.82. The van der Waals surface area contributed by atoms with E-state index in [9.17, 15) is 19.8 Å². The second kappa shape index (κ2) is 7.79. The van der Waals surface area contributed by atoms with E-state index in [2.05, 4.69) is 6.58 Å². The van der Waals surface area contributed by atoms with Gasteiger partial charge in [0.25, 0.3) is 0 Å². The molecule has 28 heavy (non-hydrogen) atoms. The smallest absolute Gasteiger partial charge is 0.336 e. The molecule has 2 saturated heterocycles. The Balaban J connectivity index is 1.95. The van der Waals surface area contributed by atoms with E-state index < -0.39 is 55.0 Å². The van der Waals surface area contributed by atoms with Gasteiger partial charge < -0.3 is 29.5 Å². The highest BCUT2D eigenvalue weighted by Crippen LogP contribution is 2.47. The summed E-state index contributed by atoms with van der Waals surface area (Å²) in [6.45, 7) is 6.41. The Kier molecular flexibility index (Phi) is 5.77. The van der Waals surface area contributed by atoms with E-state index in [1.807, 2.05) is 6.92 Å². The molecule has 3 aliphatic rings. The van der Waals surface area contributed by atoms with Crippen LogP contribution in [0, 0.1) is 5.92 Å². The maximum atomic E-state index is 12.5. The Hall–Kier alpha value is -2.00. The summed E-state index contributed by atoms with van der Waals surface area (Å²) in [7, 11) is 0. The molecule has 2 fully saturated rings. The van der Waals surface area contributed by atoms with Gasteiger partial charge in [-0.15, -0.1) is 0 Å². The molecule has 3 N–H and O–H groups in total. The van der Waals surface area contributed by atoms with Gasteiger partial charge in [-0.25, -0.2) is 9.59 Å². The van der Waals surface area contributed by atoms with Crippen molar-refractivity contribution in [2.45, 2.75) is 56.7 Å². The van der Waals surface area contributed by atoms with Crippen LogP contribution in [0.2, 0.25) is 0 Å². The summed E-state index contributed by atoms with van der Waals surface area (Å²) in [6.07, 6.45) is 1.03. The fourth-order valence-electron chi connectivity index (χ4n) is 3.88. The fourth-order valence-corrected chi connectivity index (χ4v) is 3.88. The first-order chi connectivity index (χ1) is 13.2. The van der Waals surface area contributed by atoms with Crippen molar-refractivity contribution >= 4 is 11.9 Å². The molecule has 0 aromatic heterocycles. The molecule has 0 aromatic rings. The van der Waals surface area contributed by atoms with Gasteiger partial charge in [0.1, 0.15) is 12.2 Å². The number of carbonyl (C=O) groups is 2. The number of hydrogen-bond donors (Lipinski definition) is 3. The third-order valence-corrected chi connectivity index (χ3v) is 5.72. The first kappa shape index (κ1) is 20.7. The lowest BCUT2D eigenvalue weighted by Gasteiger charge is -2.29. The average molecular weight is 394 g/mol. The monoisotopic (exact) mass is 394 g/mol. The zero-order chi connectivity index (χ0) is 20.6. The first-order valence-electron chi connectivity index (χ1n) is 9.26. The molecule has 8 nitrogen and oxygen atoms in total. The van der Waals surface area contributed by atoms with Crippen LogP contribution in [0.5, 0.6) is 0 Å². The Morgan fingerprint density at radius 2 is 2.18 bits per heavy atom. The fraction of sp³-hybridized carbons (Fsp3) is 0.600. The molecule has 1 aliphatic carbocycles. The summed E-state index contributed by atoms with van der Waals surface area (Å²) < 4.78 is 16.8. The molecule has 2 heterocycles. The predicted octanol–water partition coefficient (Wildman–Crippen LogP) is 0.165. The van der Waals surface area contributed by atoms with Gasteiger partial charge in [-0.1, -0.05) is 6.58 Å². The molecule has 0 aromatic carbocycles. The molecule has 8 heteroatoms. The van der Waals surface area contributed by atoms with Gasteiger partial charge >= 0.3 is 11.9 Å². The average Bonchev–Trinajstić information content (AvgIpc) is 3.16. The minimum atomic E-state index is -0.792. The standard InChI is InChI=1S/C20H26O8/c1-10-6-14-17(11(2)18(24)26-14)15(27-19(25)12(9-22)4-5-21)8-20(3)16(28-20)7-13(10)23/h4,6,13-17,21-23H,2,5,7-9H2,1,3H3/b10-6-,12-4+/t13?,14-,15?,16?,17-,20?/m0/s1. The van der Waals surface area contributed by atoms with Crippen LogP contribution in [0.3, 0.4) is 0 Å². The number of fused-ring (bicyclic) bond motifs is 2. The summed E-state index contributed by atoms with van der Waals surface area (Å²) in [5, 5.41) is 28.8. The first-order valence-corrected chi connectivity index (χ1v) is 9.26. The maximum absolute atomic E-state index is 12.5. The van der Waals surface area contributed by atoms with Crippen LogP contribution in [0.1, 0.15) is 26.7 Å². The van der Waals surface area contributed by atoms with Gasteiger partial charge in [-0.2, -0.15) is 0 Å². The third-order valence-electron chi connectivity index (χ3n) is 5.72. The Bertz CT molecular complexity index is 738. The third kappa shape index (κ3) is 3.91. The number of aliphatic hydroxyl groups is 3. The molecule has 3 rings (SSSR count). The van der Waals surface area contributed by atoms with Crippen molar-refractivity contribution in [2.75, 3.05) is 13.2 Å². The highest BCUT2D eigenvalue weighted by Gasteiger charge is 2.57. The predicted molar refractivity (Wildman–Crippen MR) is 96.9 cm³/mol. The maximum Gasteiger partial charge on any atom is 0.336 e. The molecular formula is C20H26O8. The lowest BCUT2D eigenvalue weighted by Crippen LogP contribution is -2.38. The van der Waals surface area contributed by atoms with E-state index in [4.69, 9.17) is 19.3 Å². The van der Waals surface area contributed by atoms with Crippen LogP contribution in [0.25, 0.3) is 0 Å². The van der Waals surface area contributed by atoms with Crippen molar-refractivity contribution in [3.63, 3.8) is 0 Å². The number of aliphatic hydroxyl groups excluding tert-OH is 3. The second-order valence-corrected chi connectivity index (χ2v) is 7.72. The summed E-state index contributed by atoms with van der Waals surface area (Å²) in [5.74, 6) is -2.01. The minimum Gasteiger partial charge on any atom is -0.458 e. The minimum absolute atomic E-state index is 0.0763.